The monoisotopic (exact) mass is 606 g/mol. The third-order valence-electron chi connectivity index (χ3n) is 8.70. The Balaban J connectivity index is 1.09. The van der Waals surface area contributed by atoms with Crippen molar-refractivity contribution in [2.45, 2.75) is 38.5 Å². The molecule has 0 amide bonds. The minimum absolute atomic E-state index is 0.0847. The van der Waals surface area contributed by atoms with Gasteiger partial charge in [0, 0.05) is 65.2 Å². The van der Waals surface area contributed by atoms with Crippen LogP contribution < -0.4 is 9.64 Å². The maximum absolute atomic E-state index is 13.0. The predicted octanol–water partition coefficient (Wildman–Crippen LogP) is 5.50. The van der Waals surface area contributed by atoms with Crippen molar-refractivity contribution in [3.8, 4) is 11.8 Å². The molecular weight excluding hydrogens is 577 g/mol. The first-order valence-electron chi connectivity index (χ1n) is 14.1. The van der Waals surface area contributed by atoms with Crippen LogP contribution in [0.4, 0.5) is 19.0 Å². The van der Waals surface area contributed by atoms with Crippen molar-refractivity contribution >= 4 is 38.3 Å². The number of benzene rings is 1. The van der Waals surface area contributed by atoms with Crippen molar-refractivity contribution < 1.29 is 17.9 Å². The second-order valence-electron chi connectivity index (χ2n) is 11.6. The van der Waals surface area contributed by atoms with Gasteiger partial charge in [-0.2, -0.15) is 23.5 Å². The molecule has 7 rings (SSSR count). The largest absolute Gasteiger partial charge is 0.496 e. The van der Waals surface area contributed by atoms with Gasteiger partial charge in [0.1, 0.15) is 34.5 Å². The number of ether oxygens (including phenoxy) is 1. The highest BCUT2D eigenvalue weighted by Crippen LogP contribution is 2.44. The number of hydrogen-bond donors (Lipinski definition) is 1. The summed E-state index contributed by atoms with van der Waals surface area (Å²) in [5.74, 6) is 1.51. The van der Waals surface area contributed by atoms with E-state index in [-0.39, 0.29) is 10.3 Å². The average molecular weight is 607 g/mol. The Kier molecular flexibility index (Phi) is 6.78. The smallest absolute Gasteiger partial charge is 0.393 e. The van der Waals surface area contributed by atoms with Gasteiger partial charge in [-0.3, -0.25) is 10.00 Å². The second-order valence-corrected chi connectivity index (χ2v) is 12.7. The molecule has 0 bridgehead atoms. The highest BCUT2D eigenvalue weighted by Gasteiger charge is 2.44. The number of rotatable bonds is 7. The van der Waals surface area contributed by atoms with E-state index in [1.54, 1.807) is 19.4 Å². The Morgan fingerprint density at radius 3 is 2.74 bits per heavy atom. The van der Waals surface area contributed by atoms with Crippen LogP contribution in [0.25, 0.3) is 21.1 Å². The summed E-state index contributed by atoms with van der Waals surface area (Å²) >= 11 is 1.09. The molecule has 4 aromatic heterocycles. The zero-order chi connectivity index (χ0) is 29.8. The number of aromatic nitrogens is 5. The number of alkyl halides is 3. The van der Waals surface area contributed by atoms with Gasteiger partial charge in [-0.1, -0.05) is 0 Å². The number of nitrogens with one attached hydrogen (secondary N) is 1. The molecule has 1 atom stereocenters. The topological polar surface area (TPSA) is 98.9 Å². The van der Waals surface area contributed by atoms with Gasteiger partial charge in [-0.25, -0.2) is 9.97 Å². The summed E-state index contributed by atoms with van der Waals surface area (Å²) in [4.78, 5) is 14.3. The molecule has 2 fully saturated rings. The van der Waals surface area contributed by atoms with Crippen molar-refractivity contribution in [1.29, 1.82) is 5.26 Å². The molecule has 6 heterocycles. The first kappa shape index (κ1) is 27.7. The number of nitrogens with zero attached hydrogens (tertiary/aromatic N) is 7. The lowest BCUT2D eigenvalue weighted by atomic mass is 9.86. The van der Waals surface area contributed by atoms with Crippen LogP contribution in [0.2, 0.25) is 0 Å². The van der Waals surface area contributed by atoms with Crippen LogP contribution in [-0.4, -0.2) is 69.1 Å². The number of nitriles is 1. The lowest BCUT2D eigenvalue weighted by Crippen LogP contribution is -2.31. The SMILES string of the molecule is COc1cc2c(cc1CN1CCC3(CCN(c4ncnc5sc(CC(F)(F)F)cc45)C3)C1)cc(C#N)n2Cc1cn[nH]c1. The quantitative estimate of drug-likeness (QED) is 0.261. The second kappa shape index (κ2) is 10.5. The number of aromatic amines is 1. The maximum atomic E-state index is 13.0. The highest BCUT2D eigenvalue weighted by molar-refractivity contribution is 7.18. The third-order valence-corrected chi connectivity index (χ3v) is 9.74. The number of hydrogen-bond acceptors (Lipinski definition) is 8. The van der Waals surface area contributed by atoms with Gasteiger partial charge >= 0.3 is 6.18 Å². The highest BCUT2D eigenvalue weighted by atomic mass is 32.1. The number of thiophene rings is 1. The number of H-pyrrole nitrogens is 1. The molecule has 2 saturated heterocycles. The van der Waals surface area contributed by atoms with Gasteiger partial charge in [0.2, 0.25) is 0 Å². The van der Waals surface area contributed by atoms with Crippen molar-refractivity contribution in [3.05, 3.63) is 64.7 Å². The molecule has 222 valence electrons. The van der Waals surface area contributed by atoms with Crippen molar-refractivity contribution in [2.75, 3.05) is 38.2 Å². The van der Waals surface area contributed by atoms with E-state index >= 15 is 0 Å². The van der Waals surface area contributed by atoms with Crippen LogP contribution in [-0.2, 0) is 19.5 Å². The van der Waals surface area contributed by atoms with E-state index in [0.29, 0.717) is 22.5 Å². The molecule has 2 aliphatic rings. The van der Waals surface area contributed by atoms with Gasteiger partial charge in [0.15, 0.2) is 0 Å². The Morgan fingerprint density at radius 1 is 1.12 bits per heavy atom. The fourth-order valence-corrected chi connectivity index (χ4v) is 7.76. The van der Waals surface area contributed by atoms with E-state index in [0.717, 1.165) is 90.5 Å². The van der Waals surface area contributed by atoms with E-state index in [1.165, 1.54) is 6.33 Å². The molecule has 1 spiro atoms. The Labute approximate surface area is 249 Å². The summed E-state index contributed by atoms with van der Waals surface area (Å²) in [6.07, 6.45) is 1.86. The lowest BCUT2D eigenvalue weighted by molar-refractivity contribution is -0.126. The normalized spacial score (nSPS) is 19.3. The third kappa shape index (κ3) is 5.29. The van der Waals surface area contributed by atoms with Gasteiger partial charge < -0.3 is 14.2 Å². The summed E-state index contributed by atoms with van der Waals surface area (Å²) in [6.45, 7) is 4.71. The zero-order valence-electron chi connectivity index (χ0n) is 23.5. The van der Waals surface area contributed by atoms with E-state index in [2.05, 4.69) is 42.1 Å². The Bertz CT molecular complexity index is 1840. The molecule has 5 aromatic rings. The van der Waals surface area contributed by atoms with Crippen LogP contribution in [0.3, 0.4) is 0 Å². The van der Waals surface area contributed by atoms with Crippen LogP contribution in [0.5, 0.6) is 5.75 Å². The van der Waals surface area contributed by atoms with Gasteiger partial charge in [-0.15, -0.1) is 11.3 Å². The molecule has 0 aliphatic carbocycles. The van der Waals surface area contributed by atoms with Gasteiger partial charge in [0.05, 0.1) is 37.2 Å². The standard InChI is InChI=1S/C30H29F3N8OS/c1-42-26-9-25-20(7-22(11-34)41(25)14-19-12-37-38-13-19)6-21(26)15-39-4-2-29(16-39)3-5-40(17-29)27-24-8-23(10-30(31,32)33)43-28(24)36-18-35-27/h6-9,12-13,18H,2-5,10,14-17H2,1H3,(H,37,38). The van der Waals surface area contributed by atoms with Gasteiger partial charge in [0.25, 0.3) is 0 Å². The molecule has 13 heteroatoms. The number of likely N-dealkylation sites (tertiary alicyclic amines) is 1. The lowest BCUT2D eigenvalue weighted by Gasteiger charge is -2.25. The van der Waals surface area contributed by atoms with Crippen LogP contribution in [0.15, 0.2) is 43.0 Å². The van der Waals surface area contributed by atoms with Gasteiger partial charge in [-0.05, 0) is 37.6 Å². The Hall–Kier alpha value is -4.15. The molecule has 1 N–H and O–H groups in total. The summed E-state index contributed by atoms with van der Waals surface area (Å²) in [7, 11) is 1.67. The van der Waals surface area contributed by atoms with E-state index < -0.39 is 12.6 Å². The first-order chi connectivity index (χ1) is 20.7. The molecule has 2 aliphatic heterocycles. The fourth-order valence-electron chi connectivity index (χ4n) is 6.74. The summed E-state index contributed by atoms with van der Waals surface area (Å²) in [5, 5.41) is 18.4. The van der Waals surface area contributed by atoms with E-state index in [9.17, 15) is 18.4 Å². The summed E-state index contributed by atoms with van der Waals surface area (Å²) in [5.41, 5.74) is 3.65. The molecule has 1 aromatic carbocycles. The molecule has 1 unspecified atom stereocenters. The molecule has 9 nitrogen and oxygen atoms in total. The van der Waals surface area contributed by atoms with Crippen LogP contribution in [0, 0.1) is 16.7 Å². The van der Waals surface area contributed by atoms with Crippen molar-refractivity contribution in [3.63, 3.8) is 0 Å². The summed E-state index contributed by atoms with van der Waals surface area (Å²) < 4.78 is 46.9. The molecule has 43 heavy (non-hydrogen) atoms. The number of methoxy groups -OCH3 is 1. The van der Waals surface area contributed by atoms with Crippen LogP contribution in [0.1, 0.15) is 34.5 Å². The predicted molar refractivity (Wildman–Crippen MR) is 157 cm³/mol. The number of fused-ring (bicyclic) bond motifs is 2. The fraction of sp³-hybridized carbons (Fsp3) is 0.400. The maximum Gasteiger partial charge on any atom is 0.393 e. The number of halogens is 3. The van der Waals surface area contributed by atoms with Crippen molar-refractivity contribution in [2.24, 2.45) is 5.41 Å². The molecule has 0 radical (unpaired) electrons. The van der Waals surface area contributed by atoms with E-state index in [4.69, 9.17) is 4.74 Å². The van der Waals surface area contributed by atoms with E-state index in [1.807, 2.05) is 22.9 Å². The zero-order valence-corrected chi connectivity index (χ0v) is 24.3. The Morgan fingerprint density at radius 2 is 1.98 bits per heavy atom. The summed E-state index contributed by atoms with van der Waals surface area (Å²) in [6, 6.07) is 9.99. The van der Waals surface area contributed by atoms with Crippen molar-refractivity contribution in [1.82, 2.24) is 29.6 Å². The molecule has 0 saturated carbocycles. The number of anilines is 1. The first-order valence-corrected chi connectivity index (χ1v) is 14.9. The minimum atomic E-state index is -4.25. The minimum Gasteiger partial charge on any atom is -0.496 e. The van der Waals surface area contributed by atoms with Crippen LogP contribution >= 0.6 is 11.3 Å². The molecular formula is C30H29F3N8OS. The average Bonchev–Trinajstić information content (AvgIpc) is 3.80.